The molecule has 0 aliphatic rings. The third kappa shape index (κ3) is 31.0. The number of ether oxygens (including phenoxy) is 3. The van der Waals surface area contributed by atoms with Gasteiger partial charge >= 0.3 is 18.2 Å². The van der Waals surface area contributed by atoms with Crippen LogP contribution in [0.15, 0.2) is 119 Å². The van der Waals surface area contributed by atoms with E-state index in [9.17, 15) is 14.4 Å². The normalized spacial score (nSPS) is 14.6. The van der Waals surface area contributed by atoms with Crippen molar-refractivity contribution in [1.29, 1.82) is 0 Å². The Hall–Kier alpha value is -4.59. The Labute approximate surface area is 327 Å². The second-order valence-electron chi connectivity index (χ2n) is 15.8. The number of hydrogen-bond donors (Lipinski definition) is 2. The first-order chi connectivity index (χ1) is 25.2. The van der Waals surface area contributed by atoms with Crippen LogP contribution < -0.4 is 10.6 Å². The summed E-state index contributed by atoms with van der Waals surface area (Å²) >= 11 is 0. The second-order valence-corrected chi connectivity index (χ2v) is 15.8. The lowest BCUT2D eigenvalue weighted by atomic mass is 10.1. The Morgan fingerprint density at radius 1 is 0.611 bits per heavy atom. The molecule has 0 aromatic carbocycles. The van der Waals surface area contributed by atoms with Gasteiger partial charge in [0.25, 0.3) is 0 Å². The molecule has 8 heteroatoms. The van der Waals surface area contributed by atoms with Crippen LogP contribution in [-0.4, -0.2) is 48.6 Å². The Bertz CT molecular complexity index is 1490. The first kappa shape index (κ1) is 49.4. The van der Waals surface area contributed by atoms with E-state index in [1.54, 1.807) is 41.5 Å². The number of alkyl carbamates (subject to hydrolysis) is 2. The molecule has 0 radical (unpaired) electrons. The van der Waals surface area contributed by atoms with Crippen LogP contribution in [0.5, 0.6) is 0 Å². The van der Waals surface area contributed by atoms with Gasteiger partial charge in [-0.1, -0.05) is 113 Å². The predicted molar refractivity (Wildman–Crippen MR) is 226 cm³/mol. The second kappa shape index (κ2) is 27.1. The molecule has 0 aromatic rings. The van der Waals surface area contributed by atoms with Gasteiger partial charge < -0.3 is 24.8 Å². The number of allylic oxidation sites excluding steroid dienone is 19. The largest absolute Gasteiger partial charge is 0.460 e. The van der Waals surface area contributed by atoms with E-state index in [0.29, 0.717) is 25.8 Å². The molecular formula is C46H70N2O6. The van der Waals surface area contributed by atoms with Gasteiger partial charge in [0, 0.05) is 6.54 Å². The smallest absolute Gasteiger partial charge is 0.408 e. The van der Waals surface area contributed by atoms with Crippen LogP contribution in [-0.2, 0) is 19.0 Å². The molecule has 2 N–H and O–H groups in total. The molecule has 0 rings (SSSR count). The zero-order valence-corrected chi connectivity index (χ0v) is 35.6. The van der Waals surface area contributed by atoms with E-state index in [1.807, 2.05) is 13.0 Å². The Balaban J connectivity index is 4.94. The van der Waals surface area contributed by atoms with Gasteiger partial charge in [-0.3, -0.25) is 0 Å². The van der Waals surface area contributed by atoms with Crippen LogP contribution >= 0.6 is 0 Å². The molecule has 0 heterocycles. The lowest BCUT2D eigenvalue weighted by molar-refractivity contribution is -0.145. The van der Waals surface area contributed by atoms with Crippen LogP contribution in [0, 0.1) is 0 Å². The van der Waals surface area contributed by atoms with Crippen molar-refractivity contribution in [3.63, 3.8) is 0 Å². The standard InChI is InChI=1S/C46H70N2O6/c1-35(2)22-18-25-36(3)23-14-15-24-37(4)26-19-27-38(5)28-20-29-39(6)30-21-31-40(7)34-52-42(49)41(48-44(51)54-46(11,12)13)32-16-17-33-47-43(50)53-45(8,9)10/h14-15,18-20,22-29,31,41H,16-17,21,30,32-34H2,1-13H3,(H,47,50)(H,48,51)/b15-14+,25-18+,26-19+,28-20+,36-23+,37-24+,38-27+,39-29+,40-31+. The Kier molecular flexibility index (Phi) is 24.8. The van der Waals surface area contributed by atoms with Crippen molar-refractivity contribution in [3.05, 3.63) is 119 Å². The molecular weight excluding hydrogens is 677 g/mol. The summed E-state index contributed by atoms with van der Waals surface area (Å²) in [4.78, 5) is 37.3. The van der Waals surface area contributed by atoms with Crippen molar-refractivity contribution in [1.82, 2.24) is 10.6 Å². The molecule has 0 spiro atoms. The van der Waals surface area contributed by atoms with Crippen LogP contribution in [0.1, 0.15) is 122 Å². The minimum atomic E-state index is -0.875. The quantitative estimate of drug-likeness (QED) is 0.0423. The van der Waals surface area contributed by atoms with Gasteiger partial charge in [-0.25, -0.2) is 14.4 Å². The molecule has 0 aromatic heterocycles. The first-order valence-electron chi connectivity index (χ1n) is 19.0. The third-order valence-electron chi connectivity index (χ3n) is 7.11. The van der Waals surface area contributed by atoms with Crippen molar-refractivity contribution in [2.24, 2.45) is 0 Å². The number of carbonyl (C=O) groups excluding carboxylic acids is 3. The number of hydrogen-bond acceptors (Lipinski definition) is 6. The lowest BCUT2D eigenvalue weighted by Gasteiger charge is -2.23. The number of unbranched alkanes of at least 4 members (excludes halogenated alkanes) is 1. The van der Waals surface area contributed by atoms with Crippen LogP contribution in [0.3, 0.4) is 0 Å². The first-order valence-corrected chi connectivity index (χ1v) is 19.0. The average Bonchev–Trinajstić information content (AvgIpc) is 3.03. The monoisotopic (exact) mass is 747 g/mol. The molecule has 2 amide bonds. The minimum absolute atomic E-state index is 0.127. The van der Waals surface area contributed by atoms with Crippen LogP contribution in [0.4, 0.5) is 9.59 Å². The molecule has 8 nitrogen and oxygen atoms in total. The number of carbonyl (C=O) groups is 3. The highest BCUT2D eigenvalue weighted by Crippen LogP contribution is 2.12. The summed E-state index contributed by atoms with van der Waals surface area (Å²) in [6.45, 7) is 25.6. The number of nitrogens with one attached hydrogen (secondary N) is 2. The topological polar surface area (TPSA) is 103 Å². The molecule has 1 atom stereocenters. The van der Waals surface area contributed by atoms with Crippen LogP contribution in [0.25, 0.3) is 0 Å². The molecule has 1 unspecified atom stereocenters. The van der Waals surface area contributed by atoms with Crippen molar-refractivity contribution in [2.75, 3.05) is 13.2 Å². The van der Waals surface area contributed by atoms with Crippen molar-refractivity contribution in [2.45, 2.75) is 139 Å². The average molecular weight is 747 g/mol. The molecule has 0 aliphatic carbocycles. The van der Waals surface area contributed by atoms with Crippen molar-refractivity contribution in [3.8, 4) is 0 Å². The minimum Gasteiger partial charge on any atom is -0.460 e. The van der Waals surface area contributed by atoms with Gasteiger partial charge in [0.2, 0.25) is 0 Å². The summed E-state index contributed by atoms with van der Waals surface area (Å²) in [5.41, 5.74) is 5.66. The summed E-state index contributed by atoms with van der Waals surface area (Å²) in [7, 11) is 0. The van der Waals surface area contributed by atoms with Gasteiger partial charge in [0.05, 0.1) is 0 Å². The predicted octanol–water partition coefficient (Wildman–Crippen LogP) is 11.8. The highest BCUT2D eigenvalue weighted by atomic mass is 16.6. The summed E-state index contributed by atoms with van der Waals surface area (Å²) < 4.78 is 16.2. The SMILES string of the molecule is CC(C)=C/C=C/C(C)=C/C=C/C=C(C)/C=C/C=C(C)/C=C/C=C(\C)CC/C=C(\C)COC(=O)C(CCCCNC(=O)OC(C)(C)C)NC(=O)OC(C)(C)C. The van der Waals surface area contributed by atoms with E-state index in [1.165, 1.54) is 16.7 Å². The maximum atomic E-state index is 13.0. The molecule has 0 aliphatic heterocycles. The fourth-order valence-corrected chi connectivity index (χ4v) is 4.34. The van der Waals surface area contributed by atoms with E-state index in [-0.39, 0.29) is 6.61 Å². The van der Waals surface area contributed by atoms with Gasteiger partial charge in [-0.15, -0.1) is 0 Å². The van der Waals surface area contributed by atoms with Gasteiger partial charge in [-0.05, 0) is 128 Å². The molecule has 0 fully saturated rings. The van der Waals surface area contributed by atoms with E-state index in [2.05, 4.69) is 131 Å². The summed E-state index contributed by atoms with van der Waals surface area (Å²) in [6, 6.07) is -0.875. The maximum Gasteiger partial charge on any atom is 0.408 e. The van der Waals surface area contributed by atoms with Crippen molar-refractivity contribution < 1.29 is 28.6 Å². The zero-order chi connectivity index (χ0) is 41.2. The van der Waals surface area contributed by atoms with Gasteiger partial charge in [-0.2, -0.15) is 0 Å². The number of amides is 2. The maximum absolute atomic E-state index is 13.0. The molecule has 0 bridgehead atoms. The summed E-state index contributed by atoms with van der Waals surface area (Å²) in [5.74, 6) is -0.529. The molecule has 0 saturated carbocycles. The zero-order valence-electron chi connectivity index (χ0n) is 35.6. The molecule has 300 valence electrons. The molecule has 0 saturated heterocycles. The number of esters is 1. The Morgan fingerprint density at radius 2 is 1.11 bits per heavy atom. The summed E-state index contributed by atoms with van der Waals surface area (Å²) in [5, 5.41) is 5.36. The van der Waals surface area contributed by atoms with E-state index >= 15 is 0 Å². The Morgan fingerprint density at radius 3 is 1.65 bits per heavy atom. The lowest BCUT2D eigenvalue weighted by Crippen LogP contribution is -2.44. The van der Waals surface area contributed by atoms with Gasteiger partial charge in [0.15, 0.2) is 0 Å². The van der Waals surface area contributed by atoms with E-state index in [4.69, 9.17) is 14.2 Å². The molecule has 54 heavy (non-hydrogen) atoms. The summed E-state index contributed by atoms with van der Waals surface area (Å²) in [6.07, 6.45) is 31.1. The van der Waals surface area contributed by atoms with Crippen LogP contribution in [0.2, 0.25) is 0 Å². The highest BCUT2D eigenvalue weighted by molar-refractivity contribution is 5.81. The van der Waals surface area contributed by atoms with Crippen molar-refractivity contribution >= 4 is 18.2 Å². The fourth-order valence-electron chi connectivity index (χ4n) is 4.34. The van der Waals surface area contributed by atoms with Gasteiger partial charge in [0.1, 0.15) is 23.9 Å². The van der Waals surface area contributed by atoms with E-state index < -0.39 is 35.4 Å². The van der Waals surface area contributed by atoms with E-state index in [0.717, 1.165) is 29.6 Å². The fraction of sp³-hybridized carbons (Fsp3) is 0.500. The number of rotatable bonds is 20. The third-order valence-corrected chi connectivity index (χ3v) is 7.11. The highest BCUT2D eigenvalue weighted by Gasteiger charge is 2.25.